The highest BCUT2D eigenvalue weighted by atomic mass is 32.2. The summed E-state index contributed by atoms with van der Waals surface area (Å²) in [7, 11) is -3.26. The normalized spacial score (nSPS) is 16.9. The van der Waals surface area contributed by atoms with Gasteiger partial charge >= 0.3 is 0 Å². The molecule has 0 spiro atoms. The van der Waals surface area contributed by atoms with Crippen molar-refractivity contribution in [1.82, 2.24) is 19.1 Å². The lowest BCUT2D eigenvalue weighted by Gasteiger charge is -2.30. The zero-order chi connectivity index (χ0) is 24.0. The first-order valence-corrected chi connectivity index (χ1v) is 14.1. The lowest BCUT2D eigenvalue weighted by molar-refractivity contribution is -0.113. The minimum absolute atomic E-state index is 0.0285. The molecule has 0 aliphatic carbocycles. The lowest BCUT2D eigenvalue weighted by Crippen LogP contribution is -2.39. The number of carbonyl (C=O) groups excluding carboxylic acids is 1. The van der Waals surface area contributed by atoms with Gasteiger partial charge in [-0.15, -0.1) is 10.2 Å². The van der Waals surface area contributed by atoms with Crippen molar-refractivity contribution in [1.29, 1.82) is 0 Å². The summed E-state index contributed by atoms with van der Waals surface area (Å²) in [5.41, 5.74) is 1.95. The van der Waals surface area contributed by atoms with Crippen LogP contribution in [0.5, 0.6) is 0 Å². The monoisotopic (exact) mass is 499 g/mol. The molecular weight excluding hydrogens is 470 g/mol. The summed E-state index contributed by atoms with van der Waals surface area (Å²) in [6.45, 7) is 1.60. The molecule has 3 aromatic rings. The van der Waals surface area contributed by atoms with E-state index in [0.717, 1.165) is 30.8 Å². The van der Waals surface area contributed by atoms with Crippen LogP contribution in [0.1, 0.15) is 30.1 Å². The molecule has 8 nitrogen and oxygen atoms in total. The predicted octanol–water partition coefficient (Wildman–Crippen LogP) is 3.39. The molecule has 1 fully saturated rings. The van der Waals surface area contributed by atoms with E-state index in [0.29, 0.717) is 24.8 Å². The Kier molecular flexibility index (Phi) is 8.02. The summed E-state index contributed by atoms with van der Waals surface area (Å²) in [5.74, 6) is 0.851. The topological polar surface area (TPSA) is 97.2 Å². The van der Waals surface area contributed by atoms with Gasteiger partial charge in [-0.1, -0.05) is 60.3 Å². The zero-order valence-electron chi connectivity index (χ0n) is 19.1. The van der Waals surface area contributed by atoms with E-state index in [4.69, 9.17) is 0 Å². The minimum atomic E-state index is -3.26. The fraction of sp³-hybridized carbons (Fsp3) is 0.375. The molecule has 1 N–H and O–H groups in total. The predicted molar refractivity (Wildman–Crippen MR) is 134 cm³/mol. The fourth-order valence-electron chi connectivity index (χ4n) is 4.11. The van der Waals surface area contributed by atoms with Crippen molar-refractivity contribution in [2.45, 2.75) is 36.9 Å². The number of anilines is 1. The second kappa shape index (κ2) is 11.2. The second-order valence-electron chi connectivity index (χ2n) is 8.39. The van der Waals surface area contributed by atoms with E-state index in [2.05, 4.69) is 32.2 Å². The number of sulfonamides is 1. The molecule has 1 atom stereocenters. The average Bonchev–Trinajstić information content (AvgIpc) is 3.25. The second-order valence-corrected chi connectivity index (χ2v) is 11.3. The van der Waals surface area contributed by atoms with Crippen molar-refractivity contribution in [3.8, 4) is 0 Å². The molecule has 34 heavy (non-hydrogen) atoms. The third kappa shape index (κ3) is 6.46. The summed E-state index contributed by atoms with van der Waals surface area (Å²) < 4.78 is 27.8. The smallest absolute Gasteiger partial charge is 0.234 e. The van der Waals surface area contributed by atoms with Crippen LogP contribution in [-0.2, 0) is 27.8 Å². The molecule has 1 saturated heterocycles. The van der Waals surface area contributed by atoms with Crippen molar-refractivity contribution in [2.24, 2.45) is 0 Å². The van der Waals surface area contributed by atoms with Crippen LogP contribution in [0.4, 0.5) is 5.69 Å². The number of nitrogens with one attached hydrogen (secondary N) is 1. The van der Waals surface area contributed by atoms with Crippen LogP contribution < -0.4 is 5.32 Å². The first-order valence-electron chi connectivity index (χ1n) is 11.3. The van der Waals surface area contributed by atoms with E-state index in [1.54, 1.807) is 0 Å². The van der Waals surface area contributed by atoms with Crippen LogP contribution in [0, 0.1) is 0 Å². The first-order chi connectivity index (χ1) is 16.4. The molecular formula is C24H29N5O3S2. The zero-order valence-corrected chi connectivity index (χ0v) is 20.8. The van der Waals surface area contributed by atoms with Crippen LogP contribution in [0.15, 0.2) is 65.8 Å². The van der Waals surface area contributed by atoms with E-state index in [1.807, 2.05) is 48.5 Å². The number of rotatable bonds is 9. The van der Waals surface area contributed by atoms with Crippen LogP contribution in [0.2, 0.25) is 0 Å². The Morgan fingerprint density at radius 2 is 1.79 bits per heavy atom. The fourth-order valence-corrected chi connectivity index (χ4v) is 5.79. The number of piperidine rings is 1. The first kappa shape index (κ1) is 24.4. The van der Waals surface area contributed by atoms with Crippen LogP contribution in [0.3, 0.4) is 0 Å². The van der Waals surface area contributed by atoms with E-state index < -0.39 is 10.0 Å². The molecule has 1 unspecified atom stereocenters. The molecule has 2 aromatic carbocycles. The van der Waals surface area contributed by atoms with E-state index >= 15 is 0 Å². The summed E-state index contributed by atoms with van der Waals surface area (Å²) in [5, 5.41) is 12.4. The Hall–Kier alpha value is -2.69. The Balaban J connectivity index is 1.51. The number of hydrogen-bond acceptors (Lipinski definition) is 6. The maximum atomic E-state index is 12.5. The lowest BCUT2D eigenvalue weighted by atomic mass is 9.98. The summed E-state index contributed by atoms with van der Waals surface area (Å²) in [4.78, 5) is 12.5. The highest BCUT2D eigenvalue weighted by Gasteiger charge is 2.30. The molecule has 10 heteroatoms. The van der Waals surface area contributed by atoms with Crippen molar-refractivity contribution >= 4 is 33.4 Å². The number of hydrogen-bond donors (Lipinski definition) is 1. The molecule has 1 aliphatic rings. The van der Waals surface area contributed by atoms with Crippen LogP contribution in [-0.4, -0.2) is 58.5 Å². The third-order valence-corrected chi connectivity index (χ3v) is 8.06. The average molecular weight is 500 g/mol. The number of benzene rings is 2. The number of carbonyl (C=O) groups is 1. The molecule has 4 rings (SSSR count). The van der Waals surface area contributed by atoms with Crippen LogP contribution in [0.25, 0.3) is 0 Å². The van der Waals surface area contributed by atoms with Gasteiger partial charge in [-0.25, -0.2) is 12.7 Å². The molecule has 1 aliphatic heterocycles. The van der Waals surface area contributed by atoms with Crippen molar-refractivity contribution < 1.29 is 13.2 Å². The number of para-hydroxylation sites is 1. The molecule has 0 saturated carbocycles. The van der Waals surface area contributed by atoms with Gasteiger partial charge in [-0.2, -0.15) is 0 Å². The molecule has 2 heterocycles. The van der Waals surface area contributed by atoms with E-state index in [9.17, 15) is 13.2 Å². The molecule has 1 aromatic heterocycles. The molecule has 180 valence electrons. The van der Waals surface area contributed by atoms with Gasteiger partial charge in [0.1, 0.15) is 5.82 Å². The van der Waals surface area contributed by atoms with E-state index in [1.165, 1.54) is 27.9 Å². The Labute approximate surface area is 204 Å². The SMILES string of the molecule is CS(=O)(=O)N1CCCC(c2nnc(SCC(=O)Nc3ccccc3)n2CCc2ccccc2)C1. The standard InChI is InChI=1S/C24H29N5O3S2/c1-34(31,32)28-15-8-11-20(17-28)23-26-27-24(29(23)16-14-19-9-4-2-5-10-19)33-18-22(30)25-21-12-6-3-7-13-21/h2-7,9-10,12-13,20H,8,11,14-18H2,1H3,(H,25,30). The maximum Gasteiger partial charge on any atom is 0.234 e. The van der Waals surface area contributed by atoms with Gasteiger partial charge in [-0.3, -0.25) is 4.79 Å². The minimum Gasteiger partial charge on any atom is -0.325 e. The summed E-state index contributed by atoms with van der Waals surface area (Å²) >= 11 is 1.35. The van der Waals surface area contributed by atoms with Crippen molar-refractivity contribution in [2.75, 3.05) is 30.4 Å². The molecule has 1 amide bonds. The van der Waals surface area contributed by atoms with Crippen molar-refractivity contribution in [3.05, 3.63) is 72.1 Å². The number of amides is 1. The number of thioether (sulfide) groups is 1. The maximum absolute atomic E-state index is 12.5. The molecule has 0 bridgehead atoms. The number of aromatic nitrogens is 3. The van der Waals surface area contributed by atoms with Crippen molar-refractivity contribution in [3.63, 3.8) is 0 Å². The number of nitrogens with zero attached hydrogens (tertiary/aromatic N) is 4. The Bertz CT molecular complexity index is 1200. The number of aryl methyl sites for hydroxylation is 1. The van der Waals surface area contributed by atoms with Gasteiger partial charge in [-0.05, 0) is 37.0 Å². The van der Waals surface area contributed by atoms with Gasteiger partial charge in [0.25, 0.3) is 0 Å². The summed E-state index contributed by atoms with van der Waals surface area (Å²) in [6.07, 6.45) is 3.68. The third-order valence-electron chi connectivity index (χ3n) is 5.82. The van der Waals surface area contributed by atoms with Gasteiger partial charge in [0.15, 0.2) is 5.16 Å². The molecule has 0 radical (unpaired) electrons. The van der Waals surface area contributed by atoms with E-state index in [-0.39, 0.29) is 17.6 Å². The van der Waals surface area contributed by atoms with Gasteiger partial charge in [0.05, 0.1) is 12.0 Å². The van der Waals surface area contributed by atoms with Gasteiger partial charge in [0.2, 0.25) is 15.9 Å². The Morgan fingerprint density at radius 3 is 2.50 bits per heavy atom. The largest absolute Gasteiger partial charge is 0.325 e. The Morgan fingerprint density at radius 1 is 1.09 bits per heavy atom. The van der Waals surface area contributed by atoms with Gasteiger partial charge < -0.3 is 9.88 Å². The highest BCUT2D eigenvalue weighted by Crippen LogP contribution is 2.30. The highest BCUT2D eigenvalue weighted by molar-refractivity contribution is 7.99. The van der Waals surface area contributed by atoms with Crippen LogP contribution >= 0.6 is 11.8 Å². The summed E-state index contributed by atoms with van der Waals surface area (Å²) in [6, 6.07) is 19.5. The van der Waals surface area contributed by atoms with Gasteiger partial charge in [0, 0.05) is 31.2 Å². The quantitative estimate of drug-likeness (QED) is 0.453.